The van der Waals surface area contributed by atoms with Crippen molar-refractivity contribution >= 4 is 15.9 Å². The molecule has 0 aliphatic heterocycles. The Hall–Kier alpha value is -0.500. The van der Waals surface area contributed by atoms with Gasteiger partial charge in [0, 0.05) is 5.33 Å². The van der Waals surface area contributed by atoms with Crippen LogP contribution in [0.1, 0.15) is 37.7 Å². The molecule has 0 heterocycles. The molecule has 1 saturated carbocycles. The molecule has 0 N–H and O–H groups in total. The number of alkyl halides is 1. The summed E-state index contributed by atoms with van der Waals surface area (Å²) in [5, 5.41) is 0.913. The van der Waals surface area contributed by atoms with Crippen LogP contribution >= 0.6 is 15.9 Å². The standard InChI is InChI=1S/C14H19BrO/c15-10-12-6-8-14(9-7-12)16-11-13-4-2-1-3-5-13/h6-9,13H,1-5,10-11H2. The van der Waals surface area contributed by atoms with Crippen LogP contribution in [0.3, 0.4) is 0 Å². The zero-order chi connectivity index (χ0) is 11.2. The molecule has 1 aliphatic rings. The monoisotopic (exact) mass is 282 g/mol. The van der Waals surface area contributed by atoms with Gasteiger partial charge in [0.2, 0.25) is 0 Å². The minimum Gasteiger partial charge on any atom is -0.493 e. The minimum absolute atomic E-state index is 0.782. The van der Waals surface area contributed by atoms with Crippen LogP contribution in [-0.4, -0.2) is 6.61 Å². The molecule has 0 radical (unpaired) electrons. The highest BCUT2D eigenvalue weighted by Crippen LogP contribution is 2.24. The molecule has 88 valence electrons. The topological polar surface area (TPSA) is 9.23 Å². The van der Waals surface area contributed by atoms with E-state index in [1.54, 1.807) is 0 Å². The molecular formula is C14H19BrO. The summed E-state index contributed by atoms with van der Waals surface area (Å²) in [6.45, 7) is 0.896. The highest BCUT2D eigenvalue weighted by Gasteiger charge is 2.13. The summed E-state index contributed by atoms with van der Waals surface area (Å²) in [4.78, 5) is 0. The molecule has 0 saturated heterocycles. The van der Waals surface area contributed by atoms with Crippen molar-refractivity contribution in [1.82, 2.24) is 0 Å². The van der Waals surface area contributed by atoms with Crippen molar-refractivity contribution in [1.29, 1.82) is 0 Å². The number of ether oxygens (including phenoxy) is 1. The van der Waals surface area contributed by atoms with Crippen LogP contribution < -0.4 is 4.74 Å². The van der Waals surface area contributed by atoms with Gasteiger partial charge < -0.3 is 4.74 Å². The van der Waals surface area contributed by atoms with Gasteiger partial charge in [0.05, 0.1) is 6.61 Å². The Morgan fingerprint density at radius 1 is 1.06 bits per heavy atom. The Morgan fingerprint density at radius 3 is 2.38 bits per heavy atom. The Bertz CT molecular complexity index is 301. The quantitative estimate of drug-likeness (QED) is 0.737. The van der Waals surface area contributed by atoms with E-state index in [0.29, 0.717) is 0 Å². The average Bonchev–Trinajstić information content (AvgIpc) is 2.38. The first-order valence-electron chi connectivity index (χ1n) is 6.16. The second-order valence-electron chi connectivity index (χ2n) is 4.59. The lowest BCUT2D eigenvalue weighted by Crippen LogP contribution is -2.15. The summed E-state index contributed by atoms with van der Waals surface area (Å²) in [6, 6.07) is 8.37. The average molecular weight is 283 g/mol. The number of hydrogen-bond donors (Lipinski definition) is 0. The van der Waals surface area contributed by atoms with Crippen molar-refractivity contribution in [3.63, 3.8) is 0 Å². The van der Waals surface area contributed by atoms with Gasteiger partial charge in [0.15, 0.2) is 0 Å². The molecule has 1 fully saturated rings. The van der Waals surface area contributed by atoms with E-state index >= 15 is 0 Å². The molecule has 1 aliphatic carbocycles. The van der Waals surface area contributed by atoms with E-state index < -0.39 is 0 Å². The Morgan fingerprint density at radius 2 is 1.75 bits per heavy atom. The summed E-state index contributed by atoms with van der Waals surface area (Å²) in [5.41, 5.74) is 1.30. The largest absolute Gasteiger partial charge is 0.493 e. The van der Waals surface area contributed by atoms with Crippen molar-refractivity contribution in [3.05, 3.63) is 29.8 Å². The first kappa shape index (κ1) is 12.0. The molecule has 1 nitrogen and oxygen atoms in total. The fourth-order valence-electron chi connectivity index (χ4n) is 2.24. The molecule has 0 unspecified atom stereocenters. The molecule has 0 amide bonds. The Balaban J connectivity index is 1.79. The third-order valence-electron chi connectivity index (χ3n) is 3.29. The lowest BCUT2D eigenvalue weighted by molar-refractivity contribution is 0.209. The normalized spacial score (nSPS) is 17.3. The molecule has 0 bridgehead atoms. The maximum atomic E-state index is 5.83. The fraction of sp³-hybridized carbons (Fsp3) is 0.571. The van der Waals surface area contributed by atoms with Crippen LogP contribution in [-0.2, 0) is 5.33 Å². The number of rotatable bonds is 4. The van der Waals surface area contributed by atoms with E-state index in [9.17, 15) is 0 Å². The first-order chi connectivity index (χ1) is 7.88. The molecular weight excluding hydrogens is 264 g/mol. The second-order valence-corrected chi connectivity index (χ2v) is 5.15. The zero-order valence-electron chi connectivity index (χ0n) is 9.62. The van der Waals surface area contributed by atoms with E-state index in [1.165, 1.54) is 37.7 Å². The van der Waals surface area contributed by atoms with Gasteiger partial charge in [-0.05, 0) is 36.5 Å². The first-order valence-corrected chi connectivity index (χ1v) is 7.28. The Labute approximate surface area is 106 Å². The Kier molecular flexibility index (Phi) is 4.70. The lowest BCUT2D eigenvalue weighted by atomic mass is 9.90. The van der Waals surface area contributed by atoms with E-state index in [4.69, 9.17) is 4.74 Å². The molecule has 16 heavy (non-hydrogen) atoms. The van der Waals surface area contributed by atoms with Gasteiger partial charge >= 0.3 is 0 Å². The van der Waals surface area contributed by atoms with Gasteiger partial charge in [0.25, 0.3) is 0 Å². The zero-order valence-corrected chi connectivity index (χ0v) is 11.2. The number of benzene rings is 1. The van der Waals surface area contributed by atoms with E-state index in [-0.39, 0.29) is 0 Å². The van der Waals surface area contributed by atoms with Gasteiger partial charge in [-0.25, -0.2) is 0 Å². The van der Waals surface area contributed by atoms with Crippen LogP contribution in [0.15, 0.2) is 24.3 Å². The van der Waals surface area contributed by atoms with Crippen LogP contribution in [0.2, 0.25) is 0 Å². The molecule has 0 atom stereocenters. The SMILES string of the molecule is BrCc1ccc(OCC2CCCCC2)cc1. The summed E-state index contributed by atoms with van der Waals surface area (Å²) in [7, 11) is 0. The molecule has 1 aromatic carbocycles. The highest BCUT2D eigenvalue weighted by molar-refractivity contribution is 9.08. The van der Waals surface area contributed by atoms with Gasteiger partial charge in [0.1, 0.15) is 5.75 Å². The summed E-state index contributed by atoms with van der Waals surface area (Å²) in [5.74, 6) is 1.79. The highest BCUT2D eigenvalue weighted by atomic mass is 79.9. The van der Waals surface area contributed by atoms with Crippen LogP contribution in [0.5, 0.6) is 5.75 Å². The maximum absolute atomic E-state index is 5.83. The molecule has 1 aromatic rings. The smallest absolute Gasteiger partial charge is 0.119 e. The fourth-order valence-corrected chi connectivity index (χ4v) is 2.62. The van der Waals surface area contributed by atoms with Crippen molar-refractivity contribution in [2.24, 2.45) is 5.92 Å². The van der Waals surface area contributed by atoms with Gasteiger partial charge in [-0.1, -0.05) is 47.3 Å². The van der Waals surface area contributed by atoms with Crippen LogP contribution in [0, 0.1) is 5.92 Å². The maximum Gasteiger partial charge on any atom is 0.119 e. The molecule has 2 heteroatoms. The second kappa shape index (κ2) is 6.29. The lowest BCUT2D eigenvalue weighted by Gasteiger charge is -2.21. The van der Waals surface area contributed by atoms with Crippen molar-refractivity contribution in [2.45, 2.75) is 37.4 Å². The van der Waals surface area contributed by atoms with Crippen molar-refractivity contribution in [3.8, 4) is 5.75 Å². The number of hydrogen-bond acceptors (Lipinski definition) is 1. The van der Waals surface area contributed by atoms with E-state index in [0.717, 1.165) is 23.6 Å². The minimum atomic E-state index is 0.782. The van der Waals surface area contributed by atoms with Crippen molar-refractivity contribution < 1.29 is 4.74 Å². The van der Waals surface area contributed by atoms with Crippen LogP contribution in [0.25, 0.3) is 0 Å². The van der Waals surface area contributed by atoms with E-state index in [2.05, 4.69) is 40.2 Å². The van der Waals surface area contributed by atoms with Gasteiger partial charge in [-0.2, -0.15) is 0 Å². The third-order valence-corrected chi connectivity index (χ3v) is 3.94. The molecule has 2 rings (SSSR count). The summed E-state index contributed by atoms with van der Waals surface area (Å²) in [6.07, 6.45) is 6.88. The molecule has 0 spiro atoms. The summed E-state index contributed by atoms with van der Waals surface area (Å²) >= 11 is 3.44. The third kappa shape index (κ3) is 3.51. The predicted molar refractivity (Wildman–Crippen MR) is 71.1 cm³/mol. The molecule has 0 aromatic heterocycles. The number of halogens is 1. The van der Waals surface area contributed by atoms with Crippen LogP contribution in [0.4, 0.5) is 0 Å². The summed E-state index contributed by atoms with van der Waals surface area (Å²) < 4.78 is 5.83. The predicted octanol–water partition coefficient (Wildman–Crippen LogP) is 4.54. The van der Waals surface area contributed by atoms with Gasteiger partial charge in [-0.15, -0.1) is 0 Å². The van der Waals surface area contributed by atoms with Crippen molar-refractivity contribution in [2.75, 3.05) is 6.61 Å². The van der Waals surface area contributed by atoms with E-state index in [1.807, 2.05) is 0 Å². The van der Waals surface area contributed by atoms with Gasteiger partial charge in [-0.3, -0.25) is 0 Å².